The average Bonchev–Trinajstić information content (AvgIpc) is 2.89. The number of anilines is 1. The predicted molar refractivity (Wildman–Crippen MR) is 142 cm³/mol. The number of aliphatic hydroxyl groups excluding tert-OH is 1. The molecule has 0 bridgehead atoms. The van der Waals surface area contributed by atoms with Crippen molar-refractivity contribution in [2.45, 2.75) is 24.3 Å². The fourth-order valence-corrected chi connectivity index (χ4v) is 4.78. The molecule has 1 atom stereocenters. The lowest BCUT2D eigenvalue weighted by Gasteiger charge is -2.17. The number of hydrogen-bond donors (Lipinski definition) is 2. The summed E-state index contributed by atoms with van der Waals surface area (Å²) in [6.45, 7) is 1.59. The number of pyridine rings is 1. The van der Waals surface area contributed by atoms with Crippen molar-refractivity contribution in [3.05, 3.63) is 113 Å². The van der Waals surface area contributed by atoms with Gasteiger partial charge in [-0.05, 0) is 53.1 Å². The highest BCUT2D eigenvalue weighted by molar-refractivity contribution is 7.91. The summed E-state index contributed by atoms with van der Waals surface area (Å²) in [5, 5.41) is 14.5. The molecule has 4 aromatic rings. The Hall–Kier alpha value is -3.52. The molecule has 1 unspecified atom stereocenters. The van der Waals surface area contributed by atoms with Gasteiger partial charge in [-0.3, -0.25) is 4.79 Å². The van der Waals surface area contributed by atoms with Gasteiger partial charge in [-0.1, -0.05) is 73.1 Å². The van der Waals surface area contributed by atoms with Crippen molar-refractivity contribution >= 4 is 33.2 Å². The van der Waals surface area contributed by atoms with Crippen LogP contribution in [0.5, 0.6) is 0 Å². The Morgan fingerprint density at radius 3 is 2.25 bits per heavy atom. The summed E-state index contributed by atoms with van der Waals surface area (Å²) in [6, 6.07) is 26.1. The number of aromatic nitrogens is 1. The van der Waals surface area contributed by atoms with Crippen LogP contribution in [0.25, 0.3) is 11.1 Å². The molecule has 0 radical (unpaired) electrons. The van der Waals surface area contributed by atoms with Crippen molar-refractivity contribution in [1.29, 1.82) is 0 Å². The predicted octanol–water partition coefficient (Wildman–Crippen LogP) is 5.46. The van der Waals surface area contributed by atoms with Crippen LogP contribution in [0.4, 0.5) is 5.82 Å². The van der Waals surface area contributed by atoms with E-state index in [2.05, 4.69) is 10.3 Å². The normalized spacial score (nSPS) is 12.2. The molecule has 1 aromatic heterocycles. The molecule has 2 N–H and O–H groups in total. The van der Waals surface area contributed by atoms with Gasteiger partial charge in [0.1, 0.15) is 11.9 Å². The van der Waals surface area contributed by atoms with Crippen LogP contribution in [0.15, 0.2) is 95.9 Å². The van der Waals surface area contributed by atoms with E-state index in [0.29, 0.717) is 33.2 Å². The zero-order valence-corrected chi connectivity index (χ0v) is 21.1. The smallest absolute Gasteiger partial charge is 0.229 e. The number of hydrogen-bond acceptors (Lipinski definition) is 5. The molecule has 36 heavy (non-hydrogen) atoms. The van der Waals surface area contributed by atoms with Gasteiger partial charge in [0.2, 0.25) is 5.91 Å². The van der Waals surface area contributed by atoms with E-state index in [4.69, 9.17) is 11.6 Å². The van der Waals surface area contributed by atoms with Gasteiger partial charge in [0, 0.05) is 10.6 Å². The lowest BCUT2D eigenvalue weighted by Crippen LogP contribution is -2.16. The Morgan fingerprint density at radius 2 is 1.61 bits per heavy atom. The second-order valence-electron chi connectivity index (χ2n) is 8.22. The van der Waals surface area contributed by atoms with Crippen LogP contribution in [0, 0.1) is 0 Å². The largest absolute Gasteiger partial charge is 0.382 e. The number of halogens is 1. The van der Waals surface area contributed by atoms with E-state index in [-0.39, 0.29) is 23.0 Å². The van der Waals surface area contributed by atoms with Crippen LogP contribution in [0.1, 0.15) is 29.8 Å². The number of rotatable bonds is 8. The first kappa shape index (κ1) is 25.6. The number of amides is 1. The lowest BCUT2D eigenvalue weighted by atomic mass is 9.97. The minimum Gasteiger partial charge on any atom is -0.382 e. The molecule has 0 aliphatic rings. The molecular formula is C28H25ClN2O4S. The van der Waals surface area contributed by atoms with Crippen LogP contribution in [0.3, 0.4) is 0 Å². The summed E-state index contributed by atoms with van der Waals surface area (Å²) in [5.74, 6) is 0.00247. The summed E-state index contributed by atoms with van der Waals surface area (Å²) in [4.78, 5) is 17.5. The van der Waals surface area contributed by atoms with E-state index >= 15 is 0 Å². The highest BCUT2D eigenvalue weighted by atomic mass is 35.5. The third-order valence-electron chi connectivity index (χ3n) is 5.75. The highest BCUT2D eigenvalue weighted by Crippen LogP contribution is 2.32. The topological polar surface area (TPSA) is 96.4 Å². The van der Waals surface area contributed by atoms with Crippen molar-refractivity contribution in [3.63, 3.8) is 0 Å². The Bertz CT molecular complexity index is 1460. The number of aliphatic hydroxyl groups is 1. The van der Waals surface area contributed by atoms with Crippen LogP contribution >= 0.6 is 11.6 Å². The van der Waals surface area contributed by atoms with E-state index in [0.717, 1.165) is 5.56 Å². The molecule has 3 aromatic carbocycles. The molecule has 0 spiro atoms. The molecule has 1 heterocycles. The summed E-state index contributed by atoms with van der Waals surface area (Å²) >= 11 is 6.04. The minimum atomic E-state index is -3.30. The van der Waals surface area contributed by atoms with E-state index < -0.39 is 15.9 Å². The fourth-order valence-electron chi connectivity index (χ4n) is 3.77. The van der Waals surface area contributed by atoms with Gasteiger partial charge in [0.25, 0.3) is 0 Å². The van der Waals surface area contributed by atoms with Crippen LogP contribution in [-0.2, 0) is 21.1 Å². The minimum absolute atomic E-state index is 0.0156. The van der Waals surface area contributed by atoms with Gasteiger partial charge in [0.05, 0.1) is 22.8 Å². The lowest BCUT2D eigenvalue weighted by molar-refractivity contribution is -0.115. The number of nitrogens with zero attached hydrogens (tertiary/aromatic N) is 1. The quantitative estimate of drug-likeness (QED) is 0.321. The van der Waals surface area contributed by atoms with E-state index in [1.165, 1.54) is 12.1 Å². The van der Waals surface area contributed by atoms with Gasteiger partial charge in [-0.2, -0.15) is 0 Å². The van der Waals surface area contributed by atoms with Gasteiger partial charge in [-0.15, -0.1) is 0 Å². The maximum Gasteiger partial charge on any atom is 0.229 e. The average molecular weight is 521 g/mol. The first-order valence-corrected chi connectivity index (χ1v) is 13.4. The standard InChI is InChI=1S/C28H25ClN2O4S/c1-2-36(34,35)23-14-8-19(9-15-23)18-26(32)30-25-17-16-24(20-10-12-22(29)13-11-20)27(31-25)28(33)21-6-4-3-5-7-21/h3-17,28,33H,2,18H2,1H3,(H,30,31,32). The van der Waals surface area contributed by atoms with Crippen LogP contribution in [-0.4, -0.2) is 30.2 Å². The zero-order chi connectivity index (χ0) is 25.7. The molecule has 8 heteroatoms. The Balaban J connectivity index is 1.59. The van der Waals surface area contributed by atoms with Crippen molar-refractivity contribution < 1.29 is 18.3 Å². The van der Waals surface area contributed by atoms with Gasteiger partial charge >= 0.3 is 0 Å². The Kier molecular flexibility index (Phi) is 7.84. The maximum absolute atomic E-state index is 12.7. The zero-order valence-electron chi connectivity index (χ0n) is 19.6. The van der Waals surface area contributed by atoms with Crippen molar-refractivity contribution in [1.82, 2.24) is 4.98 Å². The molecule has 184 valence electrons. The Labute approximate surface area is 215 Å². The third-order valence-corrected chi connectivity index (χ3v) is 7.75. The summed E-state index contributed by atoms with van der Waals surface area (Å²) < 4.78 is 24.0. The van der Waals surface area contributed by atoms with Crippen LogP contribution < -0.4 is 5.32 Å². The summed E-state index contributed by atoms with van der Waals surface area (Å²) in [5.41, 5.74) is 3.29. The molecule has 0 aliphatic heterocycles. The molecular weight excluding hydrogens is 496 g/mol. The molecule has 0 saturated heterocycles. The van der Waals surface area contributed by atoms with Gasteiger partial charge < -0.3 is 10.4 Å². The molecule has 6 nitrogen and oxygen atoms in total. The third kappa shape index (κ3) is 5.99. The van der Waals surface area contributed by atoms with Gasteiger partial charge in [-0.25, -0.2) is 13.4 Å². The molecule has 4 rings (SSSR count). The molecule has 0 fully saturated rings. The van der Waals surface area contributed by atoms with E-state index in [9.17, 15) is 18.3 Å². The SMILES string of the molecule is CCS(=O)(=O)c1ccc(CC(=O)Nc2ccc(-c3ccc(Cl)cc3)c(C(O)c3ccccc3)n2)cc1. The fraction of sp³-hybridized carbons (Fsp3) is 0.143. The number of benzene rings is 3. The first-order chi connectivity index (χ1) is 17.3. The molecule has 1 amide bonds. The van der Waals surface area contributed by atoms with Crippen LogP contribution in [0.2, 0.25) is 5.02 Å². The Morgan fingerprint density at radius 1 is 0.944 bits per heavy atom. The molecule has 0 saturated carbocycles. The monoisotopic (exact) mass is 520 g/mol. The second kappa shape index (κ2) is 11.0. The number of nitrogens with one attached hydrogen (secondary N) is 1. The number of sulfone groups is 1. The van der Waals surface area contributed by atoms with Gasteiger partial charge in [0.15, 0.2) is 9.84 Å². The first-order valence-electron chi connectivity index (χ1n) is 11.4. The van der Waals surface area contributed by atoms with Crippen molar-refractivity contribution in [2.75, 3.05) is 11.1 Å². The van der Waals surface area contributed by atoms with Crippen molar-refractivity contribution in [2.24, 2.45) is 0 Å². The van der Waals surface area contributed by atoms with E-state index in [1.807, 2.05) is 42.5 Å². The number of carbonyl (C=O) groups excluding carboxylic acids is 1. The summed E-state index contributed by atoms with van der Waals surface area (Å²) in [7, 11) is -3.30. The molecule has 0 aliphatic carbocycles. The highest BCUT2D eigenvalue weighted by Gasteiger charge is 2.19. The van der Waals surface area contributed by atoms with Crippen molar-refractivity contribution in [3.8, 4) is 11.1 Å². The summed E-state index contributed by atoms with van der Waals surface area (Å²) in [6.07, 6.45) is -0.967. The maximum atomic E-state index is 12.7. The second-order valence-corrected chi connectivity index (χ2v) is 10.9. The number of carbonyl (C=O) groups is 1. The van der Waals surface area contributed by atoms with E-state index in [1.54, 1.807) is 43.3 Å².